The smallest absolute Gasteiger partial charge is 0.354 e. The zero-order chi connectivity index (χ0) is 14.4. The van der Waals surface area contributed by atoms with Crippen molar-refractivity contribution >= 4 is 23.8 Å². The lowest BCUT2D eigenvalue weighted by molar-refractivity contribution is 0.0690. The van der Waals surface area contributed by atoms with E-state index in [1.54, 1.807) is 6.07 Å². The molecule has 20 heavy (non-hydrogen) atoms. The van der Waals surface area contributed by atoms with E-state index in [9.17, 15) is 9.59 Å². The maximum atomic E-state index is 11.6. The number of rotatable bonds is 5. The van der Waals surface area contributed by atoms with Crippen molar-refractivity contribution in [3.8, 4) is 0 Å². The summed E-state index contributed by atoms with van der Waals surface area (Å²) < 4.78 is 0. The third kappa shape index (κ3) is 4.41. The van der Waals surface area contributed by atoms with E-state index < -0.39 is 5.97 Å². The molecule has 1 aromatic rings. The van der Waals surface area contributed by atoms with E-state index in [1.165, 1.54) is 18.0 Å². The van der Waals surface area contributed by atoms with Crippen LogP contribution in [0.1, 0.15) is 22.5 Å². The summed E-state index contributed by atoms with van der Waals surface area (Å²) in [6.45, 7) is 1.03. The van der Waals surface area contributed by atoms with E-state index in [-0.39, 0.29) is 11.7 Å². The molecule has 1 saturated heterocycles. The number of hydrogen-bond acceptors (Lipinski definition) is 4. The molecule has 2 rings (SSSR count). The minimum Gasteiger partial charge on any atom is -0.477 e. The molecule has 108 valence electrons. The molecule has 1 aromatic heterocycles. The molecule has 0 bridgehead atoms. The van der Waals surface area contributed by atoms with Gasteiger partial charge >= 0.3 is 12.0 Å². The zero-order valence-corrected chi connectivity index (χ0v) is 11.8. The van der Waals surface area contributed by atoms with Crippen LogP contribution in [0.4, 0.5) is 4.79 Å². The number of carboxylic acid groups (broad SMARTS) is 1. The highest BCUT2D eigenvalue weighted by atomic mass is 32.2. The van der Waals surface area contributed by atoms with Gasteiger partial charge in [0.25, 0.3) is 0 Å². The molecule has 7 heteroatoms. The average molecular weight is 295 g/mol. The highest BCUT2D eigenvalue weighted by molar-refractivity contribution is 7.99. The molecule has 0 spiro atoms. The first kappa shape index (κ1) is 14.6. The van der Waals surface area contributed by atoms with Crippen molar-refractivity contribution in [2.45, 2.75) is 13.0 Å². The van der Waals surface area contributed by atoms with E-state index in [1.807, 2.05) is 11.8 Å². The molecule has 0 aliphatic carbocycles. The third-order valence-corrected chi connectivity index (χ3v) is 4.30. The summed E-state index contributed by atoms with van der Waals surface area (Å²) in [4.78, 5) is 26.0. The van der Waals surface area contributed by atoms with Crippen LogP contribution in [0.3, 0.4) is 0 Å². The first-order valence-electron chi connectivity index (χ1n) is 6.43. The first-order valence-corrected chi connectivity index (χ1v) is 7.58. The summed E-state index contributed by atoms with van der Waals surface area (Å²) in [5.74, 6) is 1.80. The maximum absolute atomic E-state index is 11.6. The van der Waals surface area contributed by atoms with Crippen LogP contribution in [0.25, 0.3) is 0 Å². The highest BCUT2D eigenvalue weighted by Crippen LogP contribution is 2.22. The summed E-state index contributed by atoms with van der Waals surface area (Å²) in [5, 5.41) is 14.3. The minimum atomic E-state index is -1.06. The summed E-state index contributed by atoms with van der Waals surface area (Å²) in [6, 6.07) is 2.86. The van der Waals surface area contributed by atoms with Crippen molar-refractivity contribution in [2.75, 3.05) is 18.1 Å². The Kier molecular flexibility index (Phi) is 5.23. The van der Waals surface area contributed by atoms with Crippen LogP contribution < -0.4 is 10.6 Å². The molecular formula is C13H17N3O3S. The number of pyridine rings is 1. The van der Waals surface area contributed by atoms with Crippen LogP contribution in [-0.2, 0) is 6.54 Å². The van der Waals surface area contributed by atoms with E-state index in [4.69, 9.17) is 5.11 Å². The number of hydrogen-bond donors (Lipinski definition) is 3. The van der Waals surface area contributed by atoms with E-state index >= 15 is 0 Å². The monoisotopic (exact) mass is 295 g/mol. The van der Waals surface area contributed by atoms with Crippen LogP contribution in [-0.4, -0.2) is 40.1 Å². The number of amides is 2. The fraction of sp³-hybridized carbons (Fsp3) is 0.462. The van der Waals surface area contributed by atoms with Crippen LogP contribution in [0, 0.1) is 5.92 Å². The molecule has 1 aliphatic rings. The van der Waals surface area contributed by atoms with Gasteiger partial charge in [-0.2, -0.15) is 11.8 Å². The molecule has 1 aliphatic heterocycles. The summed E-state index contributed by atoms with van der Waals surface area (Å²) >= 11 is 1.92. The number of carboxylic acids is 1. The molecular weight excluding hydrogens is 278 g/mol. The van der Waals surface area contributed by atoms with Gasteiger partial charge in [-0.05, 0) is 35.5 Å². The Morgan fingerprint density at radius 3 is 2.85 bits per heavy atom. The molecule has 3 N–H and O–H groups in total. The summed E-state index contributed by atoms with van der Waals surface area (Å²) in [7, 11) is 0. The molecule has 0 aromatic carbocycles. The highest BCUT2D eigenvalue weighted by Gasteiger charge is 2.15. The molecule has 2 amide bonds. The predicted octanol–water partition coefficient (Wildman–Crippen LogP) is 1.33. The summed E-state index contributed by atoms with van der Waals surface area (Å²) in [5.41, 5.74) is 0.763. The fourth-order valence-electron chi connectivity index (χ4n) is 1.88. The maximum Gasteiger partial charge on any atom is 0.354 e. The zero-order valence-electron chi connectivity index (χ0n) is 11.0. The van der Waals surface area contributed by atoms with Gasteiger partial charge in [0, 0.05) is 19.3 Å². The van der Waals surface area contributed by atoms with Gasteiger partial charge in [0.2, 0.25) is 0 Å². The number of aromatic nitrogens is 1. The van der Waals surface area contributed by atoms with Gasteiger partial charge in [-0.1, -0.05) is 6.07 Å². The number of carbonyl (C=O) groups excluding carboxylic acids is 1. The number of aromatic carboxylic acids is 1. The van der Waals surface area contributed by atoms with Crippen molar-refractivity contribution in [1.29, 1.82) is 0 Å². The Balaban J connectivity index is 1.70. The van der Waals surface area contributed by atoms with E-state index in [2.05, 4.69) is 15.6 Å². The molecule has 0 radical (unpaired) electrons. The summed E-state index contributed by atoms with van der Waals surface area (Å²) in [6.07, 6.45) is 2.61. The van der Waals surface area contributed by atoms with Gasteiger partial charge in [0.05, 0.1) is 0 Å². The van der Waals surface area contributed by atoms with Crippen LogP contribution >= 0.6 is 11.8 Å². The number of nitrogens with one attached hydrogen (secondary N) is 2. The molecule has 0 saturated carbocycles. The second-order valence-corrected chi connectivity index (χ2v) is 5.80. The predicted molar refractivity (Wildman–Crippen MR) is 76.9 cm³/mol. The topological polar surface area (TPSA) is 91.3 Å². The number of urea groups is 1. The molecule has 2 heterocycles. The lowest BCUT2D eigenvalue weighted by Crippen LogP contribution is -2.37. The number of carbonyl (C=O) groups is 2. The Hall–Kier alpha value is -1.76. The van der Waals surface area contributed by atoms with Crippen molar-refractivity contribution < 1.29 is 14.7 Å². The Morgan fingerprint density at radius 1 is 1.40 bits per heavy atom. The molecule has 1 atom stereocenters. The van der Waals surface area contributed by atoms with Crippen LogP contribution in [0.5, 0.6) is 0 Å². The van der Waals surface area contributed by atoms with Gasteiger partial charge in [-0.3, -0.25) is 0 Å². The first-order chi connectivity index (χ1) is 9.65. The lowest BCUT2D eigenvalue weighted by atomic mass is 10.1. The Bertz CT molecular complexity index is 472. The fourth-order valence-corrected chi connectivity index (χ4v) is 3.17. The molecule has 1 unspecified atom stereocenters. The van der Waals surface area contributed by atoms with Gasteiger partial charge < -0.3 is 15.7 Å². The van der Waals surface area contributed by atoms with Crippen LogP contribution in [0.15, 0.2) is 18.3 Å². The number of thioether (sulfide) groups is 1. The lowest BCUT2D eigenvalue weighted by Gasteiger charge is -2.11. The van der Waals surface area contributed by atoms with Crippen molar-refractivity contribution in [1.82, 2.24) is 15.6 Å². The van der Waals surface area contributed by atoms with Crippen molar-refractivity contribution in [2.24, 2.45) is 5.92 Å². The third-order valence-electron chi connectivity index (χ3n) is 3.07. The van der Waals surface area contributed by atoms with Gasteiger partial charge in [0.1, 0.15) is 5.69 Å². The van der Waals surface area contributed by atoms with Crippen molar-refractivity contribution in [3.05, 3.63) is 29.6 Å². The van der Waals surface area contributed by atoms with Gasteiger partial charge in [-0.25, -0.2) is 14.6 Å². The molecule has 1 fully saturated rings. The van der Waals surface area contributed by atoms with E-state index in [0.29, 0.717) is 19.0 Å². The molecule has 6 nitrogen and oxygen atoms in total. The standard InChI is InChI=1S/C13H17N3O3S/c17-12(18)11-2-1-9(5-14-11)6-15-13(19)16-7-10-3-4-20-8-10/h1-2,5,10H,3-4,6-8H2,(H,17,18)(H2,15,16,19). The van der Waals surface area contributed by atoms with Gasteiger partial charge in [-0.15, -0.1) is 0 Å². The van der Waals surface area contributed by atoms with E-state index in [0.717, 1.165) is 17.7 Å². The normalized spacial score (nSPS) is 17.7. The van der Waals surface area contributed by atoms with Crippen LogP contribution in [0.2, 0.25) is 0 Å². The second-order valence-electron chi connectivity index (χ2n) is 4.65. The largest absolute Gasteiger partial charge is 0.477 e. The average Bonchev–Trinajstić information content (AvgIpc) is 2.96. The second kappa shape index (κ2) is 7.14. The van der Waals surface area contributed by atoms with Gasteiger partial charge in [0.15, 0.2) is 0 Å². The van der Waals surface area contributed by atoms with Crippen molar-refractivity contribution in [3.63, 3.8) is 0 Å². The number of nitrogens with zero attached hydrogens (tertiary/aromatic N) is 1. The SMILES string of the molecule is O=C(NCc1ccc(C(=O)O)nc1)NCC1CCSC1. The quantitative estimate of drug-likeness (QED) is 0.762. The Morgan fingerprint density at radius 2 is 2.25 bits per heavy atom. The Labute approximate surface area is 121 Å². The minimum absolute atomic E-state index is 0.00284.